The number of ether oxygens (including phenoxy) is 1. The second kappa shape index (κ2) is 9.29. The Hall–Kier alpha value is -1.26. The van der Waals surface area contributed by atoms with E-state index >= 15 is 0 Å². The Balaban J connectivity index is 0.00000261. The zero-order valence-electron chi connectivity index (χ0n) is 15.1. The molecule has 0 radical (unpaired) electrons. The fraction of sp³-hybridized carbons (Fsp3) is 0.588. The summed E-state index contributed by atoms with van der Waals surface area (Å²) in [5, 5.41) is 6.01. The molecule has 2 saturated heterocycles. The van der Waals surface area contributed by atoms with E-state index < -0.39 is 20.7 Å². The highest BCUT2D eigenvalue weighted by Crippen LogP contribution is 2.25. The third-order valence-electron chi connectivity index (χ3n) is 4.78. The molecule has 0 spiro atoms. The molecular formula is C17H25ClFN3O4S. The Labute approximate surface area is 165 Å². The van der Waals surface area contributed by atoms with Crippen LogP contribution in [0.25, 0.3) is 0 Å². The highest BCUT2D eigenvalue weighted by Gasteiger charge is 2.30. The maximum atomic E-state index is 14.2. The van der Waals surface area contributed by atoms with Gasteiger partial charge in [-0.1, -0.05) is 0 Å². The topological polar surface area (TPSA) is 87.7 Å². The van der Waals surface area contributed by atoms with Crippen molar-refractivity contribution in [2.24, 2.45) is 5.92 Å². The molecule has 1 amide bonds. The molecule has 2 aliphatic rings. The van der Waals surface area contributed by atoms with Crippen LogP contribution in [-0.4, -0.2) is 57.5 Å². The molecule has 10 heteroatoms. The van der Waals surface area contributed by atoms with Crippen molar-refractivity contribution in [3.63, 3.8) is 0 Å². The van der Waals surface area contributed by atoms with Crippen molar-refractivity contribution in [3.05, 3.63) is 24.0 Å². The highest BCUT2D eigenvalue weighted by molar-refractivity contribution is 7.89. The van der Waals surface area contributed by atoms with Gasteiger partial charge in [-0.3, -0.25) is 4.79 Å². The summed E-state index contributed by atoms with van der Waals surface area (Å²) in [6.45, 7) is 3.72. The first kappa shape index (κ1) is 22.0. The molecular weight excluding hydrogens is 397 g/mol. The van der Waals surface area contributed by atoms with Crippen LogP contribution < -0.4 is 10.6 Å². The number of piperidine rings is 1. The van der Waals surface area contributed by atoms with Crippen molar-refractivity contribution in [2.45, 2.75) is 30.7 Å². The summed E-state index contributed by atoms with van der Waals surface area (Å²) in [6.07, 6.45) is 1.43. The summed E-state index contributed by atoms with van der Waals surface area (Å²) in [7, 11) is -3.97. The number of nitrogens with zero attached hydrogens (tertiary/aromatic N) is 1. The molecule has 152 valence electrons. The van der Waals surface area contributed by atoms with Gasteiger partial charge in [-0.25, -0.2) is 12.8 Å². The van der Waals surface area contributed by atoms with Crippen molar-refractivity contribution in [3.8, 4) is 0 Å². The first-order valence-electron chi connectivity index (χ1n) is 8.79. The maximum Gasteiger partial charge on any atom is 0.246 e. The van der Waals surface area contributed by atoms with Gasteiger partial charge in [-0.05, 0) is 44.5 Å². The third-order valence-corrected chi connectivity index (χ3v) is 6.69. The number of anilines is 1. The van der Waals surface area contributed by atoms with Gasteiger partial charge in [0.25, 0.3) is 0 Å². The fourth-order valence-electron chi connectivity index (χ4n) is 3.32. The summed E-state index contributed by atoms with van der Waals surface area (Å²) >= 11 is 0. The third kappa shape index (κ3) is 5.17. The molecule has 0 aromatic heterocycles. The lowest BCUT2D eigenvalue weighted by Gasteiger charge is -2.27. The number of hydrogen-bond acceptors (Lipinski definition) is 5. The predicted molar refractivity (Wildman–Crippen MR) is 102 cm³/mol. The molecule has 2 heterocycles. The zero-order valence-corrected chi connectivity index (χ0v) is 16.7. The number of carbonyl (C=O) groups excluding carboxylic acids is 1. The number of amides is 1. The zero-order chi connectivity index (χ0) is 18.7. The molecule has 2 atom stereocenters. The van der Waals surface area contributed by atoms with Crippen LogP contribution in [0.1, 0.15) is 19.8 Å². The average Bonchev–Trinajstić information content (AvgIpc) is 2.64. The second-order valence-electron chi connectivity index (χ2n) is 6.73. The molecule has 0 aliphatic carbocycles. The first-order chi connectivity index (χ1) is 12.4. The summed E-state index contributed by atoms with van der Waals surface area (Å²) in [4.78, 5) is 12.0. The minimum atomic E-state index is -3.97. The van der Waals surface area contributed by atoms with Gasteiger partial charge in [-0.15, -0.1) is 12.4 Å². The number of sulfonamides is 1. The lowest BCUT2D eigenvalue weighted by molar-refractivity contribution is -0.120. The summed E-state index contributed by atoms with van der Waals surface area (Å²) < 4.78 is 46.0. The van der Waals surface area contributed by atoms with E-state index in [1.807, 2.05) is 6.92 Å². The van der Waals surface area contributed by atoms with Gasteiger partial charge in [0.05, 0.1) is 13.2 Å². The molecule has 7 nitrogen and oxygen atoms in total. The van der Waals surface area contributed by atoms with Gasteiger partial charge in [0.15, 0.2) is 0 Å². The number of rotatable bonds is 4. The van der Waals surface area contributed by atoms with Crippen molar-refractivity contribution in [1.29, 1.82) is 0 Å². The summed E-state index contributed by atoms with van der Waals surface area (Å²) in [6, 6.07) is 3.91. The lowest BCUT2D eigenvalue weighted by Crippen LogP contribution is -2.41. The van der Waals surface area contributed by atoms with Gasteiger partial charge in [0.2, 0.25) is 15.9 Å². The SMILES string of the molecule is C[C@H]1C[C@@H](C(=O)Nc2ccc(F)c(S(=O)(=O)N3CCOCC3)c2)CCN1.Cl. The van der Waals surface area contributed by atoms with E-state index in [1.165, 1.54) is 16.4 Å². The Morgan fingerprint density at radius 3 is 2.70 bits per heavy atom. The number of halogens is 2. The van der Waals surface area contributed by atoms with Crippen molar-refractivity contribution in [1.82, 2.24) is 9.62 Å². The molecule has 2 fully saturated rings. The van der Waals surface area contributed by atoms with Crippen LogP contribution in [0.4, 0.5) is 10.1 Å². The smallest absolute Gasteiger partial charge is 0.246 e. The van der Waals surface area contributed by atoms with E-state index in [2.05, 4.69) is 10.6 Å². The van der Waals surface area contributed by atoms with Crippen molar-refractivity contribution in [2.75, 3.05) is 38.2 Å². The lowest BCUT2D eigenvalue weighted by atomic mass is 9.92. The largest absolute Gasteiger partial charge is 0.379 e. The molecule has 0 unspecified atom stereocenters. The maximum absolute atomic E-state index is 14.2. The summed E-state index contributed by atoms with van der Waals surface area (Å²) in [5.41, 5.74) is 0.287. The highest BCUT2D eigenvalue weighted by atomic mass is 35.5. The predicted octanol–water partition coefficient (Wildman–Crippen LogP) is 1.59. The number of carbonyl (C=O) groups is 1. The minimum Gasteiger partial charge on any atom is -0.379 e. The van der Waals surface area contributed by atoms with Crippen LogP contribution in [-0.2, 0) is 19.6 Å². The molecule has 3 rings (SSSR count). The van der Waals surface area contributed by atoms with Gasteiger partial charge in [0.1, 0.15) is 10.7 Å². The van der Waals surface area contributed by atoms with Gasteiger partial charge in [-0.2, -0.15) is 4.31 Å². The van der Waals surface area contributed by atoms with E-state index in [1.54, 1.807) is 0 Å². The van der Waals surface area contributed by atoms with E-state index in [9.17, 15) is 17.6 Å². The Morgan fingerprint density at radius 2 is 2.04 bits per heavy atom. The van der Waals surface area contributed by atoms with Crippen LogP contribution in [0.2, 0.25) is 0 Å². The quantitative estimate of drug-likeness (QED) is 0.771. The minimum absolute atomic E-state index is 0. The van der Waals surface area contributed by atoms with Crippen molar-refractivity contribution < 1.29 is 22.3 Å². The monoisotopic (exact) mass is 421 g/mol. The molecule has 1 aromatic carbocycles. The number of nitrogens with one attached hydrogen (secondary N) is 2. The Bertz CT molecular complexity index is 771. The van der Waals surface area contributed by atoms with Gasteiger partial charge < -0.3 is 15.4 Å². The van der Waals surface area contributed by atoms with Gasteiger partial charge in [0, 0.05) is 30.7 Å². The molecule has 2 aliphatic heterocycles. The summed E-state index contributed by atoms with van der Waals surface area (Å²) in [5.74, 6) is -1.14. The van der Waals surface area contributed by atoms with Crippen LogP contribution in [0.5, 0.6) is 0 Å². The van der Waals surface area contributed by atoms with Crippen LogP contribution in [0.3, 0.4) is 0 Å². The fourth-order valence-corrected chi connectivity index (χ4v) is 4.82. The number of benzene rings is 1. The molecule has 0 saturated carbocycles. The van der Waals surface area contributed by atoms with Crippen LogP contribution in [0, 0.1) is 11.7 Å². The van der Waals surface area contributed by atoms with Gasteiger partial charge >= 0.3 is 0 Å². The van der Waals surface area contributed by atoms with Crippen LogP contribution in [0.15, 0.2) is 23.1 Å². The number of morpholine rings is 1. The molecule has 27 heavy (non-hydrogen) atoms. The van der Waals surface area contributed by atoms with Crippen LogP contribution >= 0.6 is 12.4 Å². The first-order valence-corrected chi connectivity index (χ1v) is 10.2. The van der Waals surface area contributed by atoms with E-state index in [4.69, 9.17) is 4.74 Å². The van der Waals surface area contributed by atoms with E-state index in [0.717, 1.165) is 19.0 Å². The molecule has 0 bridgehead atoms. The average molecular weight is 422 g/mol. The molecule has 1 aromatic rings. The standard InChI is InChI=1S/C17H24FN3O4S.ClH/c1-12-10-13(4-5-19-12)17(22)20-14-2-3-15(18)16(11-14)26(23,24)21-6-8-25-9-7-21;/h2-3,11-13,19H,4-10H2,1H3,(H,20,22);1H/t12-,13-;/m0./s1. The Kier molecular flexibility index (Phi) is 7.58. The molecule has 2 N–H and O–H groups in total. The normalized spacial score (nSPS) is 24.1. The number of hydrogen-bond donors (Lipinski definition) is 2. The van der Waals surface area contributed by atoms with E-state index in [0.29, 0.717) is 6.42 Å². The van der Waals surface area contributed by atoms with Crippen molar-refractivity contribution >= 4 is 34.0 Å². The second-order valence-corrected chi connectivity index (χ2v) is 8.63. The Morgan fingerprint density at radius 1 is 1.33 bits per heavy atom. The van der Waals surface area contributed by atoms with E-state index in [-0.39, 0.29) is 62.3 Å².